The molecule has 22 heavy (non-hydrogen) atoms. The molecule has 8 nitrogen and oxygen atoms in total. The maximum Gasteiger partial charge on any atom is 0.316 e. The second-order valence-corrected chi connectivity index (χ2v) is 4.96. The van der Waals surface area contributed by atoms with Gasteiger partial charge in [0.2, 0.25) is 11.1 Å². The van der Waals surface area contributed by atoms with E-state index in [-0.39, 0.29) is 17.5 Å². The van der Waals surface area contributed by atoms with Crippen LogP contribution >= 0.6 is 11.8 Å². The lowest BCUT2D eigenvalue weighted by Gasteiger charge is -1.98. The summed E-state index contributed by atoms with van der Waals surface area (Å²) < 4.78 is 4.81. The SMILES string of the molecule is CCOC(=O)CSc1n[nH]c(N/N=C\c2ccc(O)cc2)n1. The van der Waals surface area contributed by atoms with E-state index in [1.807, 2.05) is 0 Å². The molecule has 2 rings (SSSR count). The minimum atomic E-state index is -0.308. The highest BCUT2D eigenvalue weighted by atomic mass is 32.2. The Hall–Kier alpha value is -2.55. The van der Waals surface area contributed by atoms with Crippen molar-refractivity contribution >= 4 is 29.9 Å². The first-order valence-electron chi connectivity index (χ1n) is 6.46. The number of nitrogens with one attached hydrogen (secondary N) is 2. The number of anilines is 1. The van der Waals surface area contributed by atoms with Crippen LogP contribution in [0.2, 0.25) is 0 Å². The van der Waals surface area contributed by atoms with Crippen molar-refractivity contribution in [3.63, 3.8) is 0 Å². The standard InChI is InChI=1S/C13H15N5O3S/c1-2-21-11(20)8-22-13-15-12(17-18-13)16-14-7-9-3-5-10(19)6-4-9/h3-7,19H,2,8H2,1H3,(H2,15,16,17,18)/b14-7-. The van der Waals surface area contributed by atoms with Crippen molar-refractivity contribution in [3.8, 4) is 5.75 Å². The fraction of sp³-hybridized carbons (Fsp3) is 0.231. The molecule has 0 aliphatic heterocycles. The van der Waals surface area contributed by atoms with Crippen LogP contribution < -0.4 is 5.43 Å². The number of carbonyl (C=O) groups excluding carboxylic acids is 1. The number of benzene rings is 1. The van der Waals surface area contributed by atoms with Crippen LogP contribution in [0.3, 0.4) is 0 Å². The number of carbonyl (C=O) groups is 1. The molecule has 0 radical (unpaired) electrons. The first-order valence-corrected chi connectivity index (χ1v) is 7.45. The summed E-state index contributed by atoms with van der Waals surface area (Å²) in [5.41, 5.74) is 3.51. The van der Waals surface area contributed by atoms with Crippen molar-refractivity contribution in [1.82, 2.24) is 15.2 Å². The molecule has 1 aromatic carbocycles. The highest BCUT2D eigenvalue weighted by Gasteiger charge is 2.07. The Kier molecular flexibility index (Phi) is 5.78. The van der Waals surface area contributed by atoms with Gasteiger partial charge in [0.1, 0.15) is 5.75 Å². The highest BCUT2D eigenvalue weighted by molar-refractivity contribution is 7.99. The van der Waals surface area contributed by atoms with Gasteiger partial charge in [0.05, 0.1) is 18.6 Å². The zero-order chi connectivity index (χ0) is 15.8. The van der Waals surface area contributed by atoms with Crippen LogP contribution in [0.15, 0.2) is 34.5 Å². The molecule has 116 valence electrons. The second kappa shape index (κ2) is 8.03. The molecule has 1 aromatic heterocycles. The van der Waals surface area contributed by atoms with Gasteiger partial charge in [-0.2, -0.15) is 10.1 Å². The summed E-state index contributed by atoms with van der Waals surface area (Å²) in [7, 11) is 0. The lowest BCUT2D eigenvalue weighted by atomic mass is 10.2. The first-order chi connectivity index (χ1) is 10.7. The van der Waals surface area contributed by atoms with Crippen LogP contribution in [-0.4, -0.2) is 44.8 Å². The van der Waals surface area contributed by atoms with Gasteiger partial charge in [0.15, 0.2) is 0 Å². The predicted octanol–water partition coefficient (Wildman–Crippen LogP) is 1.61. The molecule has 2 aromatic rings. The zero-order valence-electron chi connectivity index (χ0n) is 11.8. The molecule has 3 N–H and O–H groups in total. The van der Waals surface area contributed by atoms with Gasteiger partial charge in [-0.15, -0.1) is 5.10 Å². The number of hydrazone groups is 1. The molecule has 0 bridgehead atoms. The monoisotopic (exact) mass is 321 g/mol. The number of aromatic hydroxyl groups is 1. The van der Waals surface area contributed by atoms with Gasteiger partial charge in [-0.3, -0.25) is 4.79 Å². The Labute approximate surface area is 131 Å². The van der Waals surface area contributed by atoms with E-state index in [9.17, 15) is 4.79 Å². The lowest BCUT2D eigenvalue weighted by Crippen LogP contribution is -2.06. The lowest BCUT2D eigenvalue weighted by molar-refractivity contribution is -0.139. The van der Waals surface area contributed by atoms with Gasteiger partial charge in [-0.1, -0.05) is 11.8 Å². The first kappa shape index (κ1) is 15.8. The molecule has 0 unspecified atom stereocenters. The van der Waals surface area contributed by atoms with Crippen molar-refractivity contribution < 1.29 is 14.6 Å². The van der Waals surface area contributed by atoms with Crippen LogP contribution in [0.1, 0.15) is 12.5 Å². The molecule has 0 saturated carbocycles. The third-order valence-electron chi connectivity index (χ3n) is 2.37. The number of thioether (sulfide) groups is 1. The highest BCUT2D eigenvalue weighted by Crippen LogP contribution is 2.14. The number of nitrogens with zero attached hydrogens (tertiary/aromatic N) is 3. The Morgan fingerprint density at radius 1 is 1.50 bits per heavy atom. The summed E-state index contributed by atoms with van der Waals surface area (Å²) in [5, 5.41) is 20.2. The summed E-state index contributed by atoms with van der Waals surface area (Å²) in [6.07, 6.45) is 1.58. The minimum absolute atomic E-state index is 0.155. The van der Waals surface area contributed by atoms with E-state index < -0.39 is 0 Å². The van der Waals surface area contributed by atoms with Gasteiger partial charge >= 0.3 is 5.97 Å². The molecular weight excluding hydrogens is 306 g/mol. The molecular formula is C13H15N5O3S. The van der Waals surface area contributed by atoms with E-state index in [2.05, 4.69) is 25.7 Å². The van der Waals surface area contributed by atoms with Gasteiger partial charge in [0, 0.05) is 0 Å². The summed E-state index contributed by atoms with van der Waals surface area (Å²) in [4.78, 5) is 15.3. The van der Waals surface area contributed by atoms with E-state index in [4.69, 9.17) is 9.84 Å². The van der Waals surface area contributed by atoms with Crippen molar-refractivity contribution in [2.24, 2.45) is 5.10 Å². The van der Waals surface area contributed by atoms with E-state index in [1.165, 1.54) is 11.8 Å². The van der Waals surface area contributed by atoms with Gasteiger partial charge in [-0.25, -0.2) is 10.5 Å². The summed E-state index contributed by atoms with van der Waals surface area (Å²) in [6, 6.07) is 6.59. The van der Waals surface area contributed by atoms with Crippen LogP contribution in [-0.2, 0) is 9.53 Å². The average molecular weight is 321 g/mol. The molecule has 0 amide bonds. The van der Waals surface area contributed by atoms with E-state index in [1.54, 1.807) is 37.4 Å². The van der Waals surface area contributed by atoms with Crippen LogP contribution in [0.5, 0.6) is 5.75 Å². The zero-order valence-corrected chi connectivity index (χ0v) is 12.6. The average Bonchev–Trinajstić information content (AvgIpc) is 2.95. The maximum absolute atomic E-state index is 11.2. The third-order valence-corrected chi connectivity index (χ3v) is 3.19. The van der Waals surface area contributed by atoms with E-state index >= 15 is 0 Å². The number of H-pyrrole nitrogens is 1. The molecule has 0 aliphatic carbocycles. The number of phenolic OH excluding ortho intramolecular Hbond substituents is 1. The van der Waals surface area contributed by atoms with E-state index in [0.29, 0.717) is 17.7 Å². The fourth-order valence-electron chi connectivity index (χ4n) is 1.42. The molecule has 0 aliphatic rings. The molecule has 0 spiro atoms. The number of aromatic amines is 1. The summed E-state index contributed by atoms with van der Waals surface area (Å²) >= 11 is 1.17. The largest absolute Gasteiger partial charge is 0.508 e. The third kappa shape index (κ3) is 5.09. The topological polar surface area (TPSA) is 112 Å². The fourth-order valence-corrected chi connectivity index (χ4v) is 2.01. The smallest absolute Gasteiger partial charge is 0.316 e. The molecule has 0 atom stereocenters. The van der Waals surface area contributed by atoms with Gasteiger partial charge in [0.25, 0.3) is 0 Å². The van der Waals surface area contributed by atoms with Crippen molar-refractivity contribution in [2.45, 2.75) is 12.1 Å². The molecule has 0 saturated heterocycles. The maximum atomic E-state index is 11.2. The Bertz CT molecular complexity index is 641. The number of esters is 1. The number of rotatable bonds is 7. The Morgan fingerprint density at radius 3 is 3.00 bits per heavy atom. The Morgan fingerprint density at radius 2 is 2.27 bits per heavy atom. The number of phenols is 1. The van der Waals surface area contributed by atoms with Gasteiger partial charge < -0.3 is 9.84 Å². The number of aromatic nitrogens is 3. The molecule has 1 heterocycles. The quantitative estimate of drug-likeness (QED) is 0.307. The number of hydrogen-bond donors (Lipinski definition) is 3. The normalized spacial score (nSPS) is 10.8. The summed E-state index contributed by atoms with van der Waals surface area (Å²) in [6.45, 7) is 2.11. The van der Waals surface area contributed by atoms with Crippen molar-refractivity contribution in [3.05, 3.63) is 29.8 Å². The van der Waals surface area contributed by atoms with Crippen LogP contribution in [0, 0.1) is 0 Å². The van der Waals surface area contributed by atoms with Crippen molar-refractivity contribution in [2.75, 3.05) is 17.8 Å². The second-order valence-electron chi connectivity index (χ2n) is 4.02. The summed E-state index contributed by atoms with van der Waals surface area (Å²) in [5.74, 6) is 0.407. The molecule has 9 heteroatoms. The van der Waals surface area contributed by atoms with E-state index in [0.717, 1.165) is 5.56 Å². The predicted molar refractivity (Wildman–Crippen MR) is 83.1 cm³/mol. The van der Waals surface area contributed by atoms with Crippen LogP contribution in [0.25, 0.3) is 0 Å². The molecule has 0 fully saturated rings. The number of hydrogen-bond acceptors (Lipinski definition) is 8. The minimum Gasteiger partial charge on any atom is -0.508 e. The van der Waals surface area contributed by atoms with Crippen LogP contribution in [0.4, 0.5) is 5.95 Å². The Balaban J connectivity index is 1.81. The number of ether oxygens (including phenoxy) is 1. The van der Waals surface area contributed by atoms with Gasteiger partial charge in [-0.05, 0) is 36.8 Å². The van der Waals surface area contributed by atoms with Crippen molar-refractivity contribution in [1.29, 1.82) is 0 Å².